The van der Waals surface area contributed by atoms with Crippen LogP contribution >= 0.6 is 0 Å². The SMILES string of the molecule is CNc1cc(C(F)(F)F)nc2ccc(OC(F)F)cc12. The van der Waals surface area contributed by atoms with Crippen LogP contribution in [-0.4, -0.2) is 18.6 Å². The van der Waals surface area contributed by atoms with Gasteiger partial charge in [-0.25, -0.2) is 4.98 Å². The predicted octanol–water partition coefficient (Wildman–Crippen LogP) is 3.90. The highest BCUT2D eigenvalue weighted by atomic mass is 19.4. The predicted molar refractivity (Wildman–Crippen MR) is 62.9 cm³/mol. The van der Waals surface area contributed by atoms with E-state index in [0.717, 1.165) is 12.1 Å². The fraction of sp³-hybridized carbons (Fsp3) is 0.250. The molecule has 1 N–H and O–H groups in total. The Balaban J connectivity index is 2.59. The van der Waals surface area contributed by atoms with Crippen LogP contribution in [-0.2, 0) is 6.18 Å². The summed E-state index contributed by atoms with van der Waals surface area (Å²) in [6.07, 6.45) is -4.59. The number of fused-ring (bicyclic) bond motifs is 1. The van der Waals surface area contributed by atoms with Gasteiger partial charge in [0, 0.05) is 18.1 Å². The van der Waals surface area contributed by atoms with E-state index >= 15 is 0 Å². The number of benzene rings is 1. The maximum absolute atomic E-state index is 12.7. The molecule has 0 unspecified atom stereocenters. The number of aromatic nitrogens is 1. The van der Waals surface area contributed by atoms with Crippen LogP contribution in [0.15, 0.2) is 24.3 Å². The minimum Gasteiger partial charge on any atom is -0.435 e. The quantitative estimate of drug-likeness (QED) is 0.871. The normalized spacial score (nSPS) is 11.9. The molecule has 1 aromatic carbocycles. The third-order valence-corrected chi connectivity index (χ3v) is 2.57. The van der Waals surface area contributed by atoms with E-state index in [4.69, 9.17) is 0 Å². The molecule has 0 fully saturated rings. The van der Waals surface area contributed by atoms with Crippen molar-refractivity contribution in [3.8, 4) is 5.75 Å². The van der Waals surface area contributed by atoms with E-state index < -0.39 is 18.5 Å². The molecule has 0 saturated heterocycles. The highest BCUT2D eigenvalue weighted by molar-refractivity contribution is 5.92. The van der Waals surface area contributed by atoms with Crippen molar-refractivity contribution in [1.82, 2.24) is 4.98 Å². The van der Waals surface area contributed by atoms with Crippen molar-refractivity contribution >= 4 is 16.6 Å². The molecular formula is C12H9F5N2O. The number of hydrogen-bond acceptors (Lipinski definition) is 3. The summed E-state index contributed by atoms with van der Waals surface area (Å²) in [7, 11) is 1.43. The van der Waals surface area contributed by atoms with Gasteiger partial charge in [0.2, 0.25) is 0 Å². The lowest BCUT2D eigenvalue weighted by Crippen LogP contribution is -2.09. The number of anilines is 1. The molecule has 0 aliphatic rings. The number of nitrogens with zero attached hydrogens (tertiary/aromatic N) is 1. The molecule has 1 aromatic heterocycles. The van der Waals surface area contributed by atoms with Crippen molar-refractivity contribution in [1.29, 1.82) is 0 Å². The topological polar surface area (TPSA) is 34.2 Å². The van der Waals surface area contributed by atoms with Crippen molar-refractivity contribution in [2.45, 2.75) is 12.8 Å². The standard InChI is InChI=1S/C12H9F5N2O/c1-18-9-5-10(12(15,16)17)19-8-3-2-6(4-7(8)9)20-11(13)14/h2-5,11H,1H3,(H,18,19). The van der Waals surface area contributed by atoms with Crippen LogP contribution in [0.25, 0.3) is 10.9 Å². The Morgan fingerprint density at radius 2 is 1.90 bits per heavy atom. The summed E-state index contributed by atoms with van der Waals surface area (Å²) in [6, 6.07) is 4.36. The molecule has 0 saturated carbocycles. The van der Waals surface area contributed by atoms with Crippen molar-refractivity contribution in [3.63, 3.8) is 0 Å². The largest absolute Gasteiger partial charge is 0.435 e. The van der Waals surface area contributed by atoms with E-state index in [1.54, 1.807) is 0 Å². The average Bonchev–Trinajstić information content (AvgIpc) is 2.35. The van der Waals surface area contributed by atoms with E-state index in [9.17, 15) is 22.0 Å². The van der Waals surface area contributed by atoms with E-state index in [0.29, 0.717) is 0 Å². The molecule has 0 amide bonds. The van der Waals surface area contributed by atoms with Crippen molar-refractivity contribution in [3.05, 3.63) is 30.0 Å². The lowest BCUT2D eigenvalue weighted by molar-refractivity contribution is -0.140. The minimum absolute atomic E-state index is 0.0331. The summed E-state index contributed by atoms with van der Waals surface area (Å²) in [4.78, 5) is 3.47. The summed E-state index contributed by atoms with van der Waals surface area (Å²) in [5, 5.41) is 2.84. The fourth-order valence-corrected chi connectivity index (χ4v) is 1.73. The van der Waals surface area contributed by atoms with Crippen LogP contribution in [0.4, 0.5) is 27.6 Å². The van der Waals surface area contributed by atoms with Gasteiger partial charge in [-0.2, -0.15) is 22.0 Å². The lowest BCUT2D eigenvalue weighted by atomic mass is 10.1. The zero-order valence-electron chi connectivity index (χ0n) is 10.1. The molecule has 3 nitrogen and oxygen atoms in total. The van der Waals surface area contributed by atoms with Gasteiger partial charge in [0.15, 0.2) is 0 Å². The molecule has 2 rings (SSSR count). The third-order valence-electron chi connectivity index (χ3n) is 2.57. The van der Waals surface area contributed by atoms with E-state index in [1.807, 2.05) is 0 Å². The first-order chi connectivity index (χ1) is 9.31. The third kappa shape index (κ3) is 2.89. The van der Waals surface area contributed by atoms with Crippen LogP contribution in [0.3, 0.4) is 0 Å². The number of alkyl halides is 5. The molecular weight excluding hydrogens is 283 g/mol. The van der Waals surface area contributed by atoms with Crippen molar-refractivity contribution in [2.75, 3.05) is 12.4 Å². The van der Waals surface area contributed by atoms with Crippen molar-refractivity contribution < 1.29 is 26.7 Å². The number of halogens is 5. The zero-order valence-corrected chi connectivity index (χ0v) is 10.1. The molecule has 0 radical (unpaired) electrons. The summed E-state index contributed by atoms with van der Waals surface area (Å²) in [5.74, 6) is -0.148. The van der Waals surface area contributed by atoms with E-state index in [-0.39, 0.29) is 22.3 Å². The Kier molecular flexibility index (Phi) is 3.65. The smallest absolute Gasteiger partial charge is 0.433 e. The maximum Gasteiger partial charge on any atom is 0.433 e. The monoisotopic (exact) mass is 292 g/mol. The van der Waals surface area contributed by atoms with Gasteiger partial charge in [-0.05, 0) is 24.3 Å². The maximum atomic E-state index is 12.7. The Bertz CT molecular complexity index is 627. The summed E-state index contributed by atoms with van der Waals surface area (Å²) in [6.45, 7) is -3.01. The van der Waals surface area contributed by atoms with Gasteiger partial charge in [-0.15, -0.1) is 0 Å². The number of nitrogens with one attached hydrogen (secondary N) is 1. The van der Waals surface area contributed by atoms with Gasteiger partial charge < -0.3 is 10.1 Å². The first-order valence-corrected chi connectivity index (χ1v) is 5.46. The van der Waals surface area contributed by atoms with Gasteiger partial charge in [0.25, 0.3) is 0 Å². The second-order valence-corrected chi connectivity index (χ2v) is 3.86. The van der Waals surface area contributed by atoms with Crippen LogP contribution in [0, 0.1) is 0 Å². The molecule has 0 aliphatic carbocycles. The highest BCUT2D eigenvalue weighted by Crippen LogP contribution is 2.34. The van der Waals surface area contributed by atoms with Gasteiger partial charge in [0.1, 0.15) is 11.4 Å². The molecule has 8 heteroatoms. The molecule has 0 spiro atoms. The van der Waals surface area contributed by atoms with Crippen LogP contribution in [0.2, 0.25) is 0 Å². The van der Waals surface area contributed by atoms with Crippen LogP contribution in [0.1, 0.15) is 5.69 Å². The first kappa shape index (κ1) is 14.3. The Hall–Kier alpha value is -2.12. The first-order valence-electron chi connectivity index (χ1n) is 5.46. The number of pyridine rings is 1. The number of rotatable bonds is 3. The Labute approximate surface area is 110 Å². The Morgan fingerprint density at radius 3 is 2.45 bits per heavy atom. The second-order valence-electron chi connectivity index (χ2n) is 3.86. The minimum atomic E-state index is -4.59. The molecule has 20 heavy (non-hydrogen) atoms. The van der Waals surface area contributed by atoms with Gasteiger partial charge in [-0.3, -0.25) is 0 Å². The zero-order chi connectivity index (χ0) is 14.9. The van der Waals surface area contributed by atoms with Gasteiger partial charge in [0.05, 0.1) is 5.52 Å². The highest BCUT2D eigenvalue weighted by Gasteiger charge is 2.33. The fourth-order valence-electron chi connectivity index (χ4n) is 1.73. The molecule has 0 atom stereocenters. The van der Waals surface area contributed by atoms with E-state index in [2.05, 4.69) is 15.0 Å². The number of ether oxygens (including phenoxy) is 1. The Morgan fingerprint density at radius 1 is 1.20 bits per heavy atom. The molecule has 2 aromatic rings. The molecule has 0 bridgehead atoms. The van der Waals surface area contributed by atoms with Crippen LogP contribution < -0.4 is 10.1 Å². The van der Waals surface area contributed by atoms with Crippen molar-refractivity contribution in [2.24, 2.45) is 0 Å². The second kappa shape index (κ2) is 5.10. The number of hydrogen-bond donors (Lipinski definition) is 1. The van der Waals surface area contributed by atoms with E-state index in [1.165, 1.54) is 19.2 Å². The van der Waals surface area contributed by atoms with Gasteiger partial charge >= 0.3 is 12.8 Å². The summed E-state index contributed by atoms with van der Waals surface area (Å²) >= 11 is 0. The summed E-state index contributed by atoms with van der Waals surface area (Å²) in [5.41, 5.74) is -0.898. The molecule has 108 valence electrons. The van der Waals surface area contributed by atoms with Crippen LogP contribution in [0.5, 0.6) is 5.75 Å². The van der Waals surface area contributed by atoms with Gasteiger partial charge in [-0.1, -0.05) is 0 Å². The average molecular weight is 292 g/mol. The lowest BCUT2D eigenvalue weighted by Gasteiger charge is -2.12. The summed E-state index contributed by atoms with van der Waals surface area (Å²) < 4.78 is 66.5. The molecule has 0 aliphatic heterocycles. The molecule has 1 heterocycles.